The van der Waals surface area contributed by atoms with E-state index >= 15 is 0 Å². The van der Waals surface area contributed by atoms with Gasteiger partial charge in [-0.3, -0.25) is 4.79 Å². The van der Waals surface area contributed by atoms with Crippen molar-refractivity contribution in [3.05, 3.63) is 35.9 Å². The lowest BCUT2D eigenvalue weighted by atomic mass is 10.1. The van der Waals surface area contributed by atoms with Gasteiger partial charge in [0.15, 0.2) is 5.25 Å². The summed E-state index contributed by atoms with van der Waals surface area (Å²) in [5.41, 5.74) is 0.434. The zero-order valence-corrected chi connectivity index (χ0v) is 13.0. The molecular weight excluding hydrogens is 292 g/mol. The number of likely N-dealkylation sites (N-methyl/N-ethyl adjacent to an activating group) is 1. The van der Waals surface area contributed by atoms with Gasteiger partial charge in [-0.2, -0.15) is 4.31 Å². The highest BCUT2D eigenvalue weighted by Crippen LogP contribution is 2.27. The molecule has 7 heteroatoms. The Bertz CT molecular complexity index is 580. The van der Waals surface area contributed by atoms with E-state index < -0.39 is 21.2 Å². The molecule has 0 spiro atoms. The summed E-state index contributed by atoms with van der Waals surface area (Å²) >= 11 is 0. The minimum Gasteiger partial charge on any atom is -0.468 e. The molecule has 6 nitrogen and oxygen atoms in total. The average molecular weight is 312 g/mol. The van der Waals surface area contributed by atoms with Crippen LogP contribution in [-0.4, -0.2) is 63.9 Å². The normalized spacial score (nSPS) is 19.1. The van der Waals surface area contributed by atoms with Crippen molar-refractivity contribution in [2.75, 3.05) is 40.3 Å². The molecule has 1 saturated heterocycles. The van der Waals surface area contributed by atoms with Crippen molar-refractivity contribution in [1.82, 2.24) is 9.21 Å². The first-order valence-electron chi connectivity index (χ1n) is 6.77. The zero-order valence-electron chi connectivity index (χ0n) is 12.2. The minimum absolute atomic E-state index is 0.388. The predicted octanol–water partition coefficient (Wildman–Crippen LogP) is 0.478. The lowest BCUT2D eigenvalue weighted by Crippen LogP contribution is -2.49. The Morgan fingerprint density at radius 1 is 1.14 bits per heavy atom. The highest BCUT2D eigenvalue weighted by molar-refractivity contribution is 7.90. The van der Waals surface area contributed by atoms with E-state index in [1.165, 1.54) is 11.4 Å². The van der Waals surface area contributed by atoms with E-state index in [1.807, 2.05) is 7.05 Å². The van der Waals surface area contributed by atoms with Gasteiger partial charge in [-0.05, 0) is 12.6 Å². The summed E-state index contributed by atoms with van der Waals surface area (Å²) in [5.74, 6) is -0.750. The van der Waals surface area contributed by atoms with Crippen LogP contribution in [0.2, 0.25) is 0 Å². The van der Waals surface area contributed by atoms with Crippen molar-refractivity contribution in [3.8, 4) is 0 Å². The molecule has 1 atom stereocenters. The summed E-state index contributed by atoms with van der Waals surface area (Å²) in [6, 6.07) is 8.47. The molecule has 0 bridgehead atoms. The molecule has 1 aromatic carbocycles. The Kier molecular flexibility index (Phi) is 4.97. The highest BCUT2D eigenvalue weighted by Gasteiger charge is 2.40. The van der Waals surface area contributed by atoms with Gasteiger partial charge in [-0.1, -0.05) is 30.3 Å². The number of rotatable bonds is 4. The van der Waals surface area contributed by atoms with E-state index in [0.29, 0.717) is 31.7 Å². The number of hydrogen-bond donors (Lipinski definition) is 0. The number of hydrogen-bond acceptors (Lipinski definition) is 5. The Labute approximate surface area is 125 Å². The second-order valence-electron chi connectivity index (χ2n) is 5.06. The zero-order chi connectivity index (χ0) is 15.5. The molecule has 0 aromatic heterocycles. The fourth-order valence-electron chi connectivity index (χ4n) is 2.36. The van der Waals surface area contributed by atoms with Crippen molar-refractivity contribution in [3.63, 3.8) is 0 Å². The SMILES string of the molecule is COC(=O)C(c1ccccc1)S(=O)(=O)N1CCN(C)CC1. The molecule has 0 amide bonds. The van der Waals surface area contributed by atoms with Gasteiger partial charge in [0, 0.05) is 26.2 Å². The molecule has 1 aliphatic rings. The fraction of sp³-hybridized carbons (Fsp3) is 0.500. The number of ether oxygens (including phenoxy) is 1. The van der Waals surface area contributed by atoms with E-state index in [4.69, 9.17) is 4.74 Å². The average Bonchev–Trinajstić information content (AvgIpc) is 2.48. The first kappa shape index (κ1) is 15.9. The summed E-state index contributed by atoms with van der Waals surface area (Å²) in [7, 11) is -0.630. The van der Waals surface area contributed by atoms with Gasteiger partial charge in [0.1, 0.15) is 0 Å². The van der Waals surface area contributed by atoms with Gasteiger partial charge < -0.3 is 9.64 Å². The minimum atomic E-state index is -3.78. The van der Waals surface area contributed by atoms with Gasteiger partial charge in [0.25, 0.3) is 0 Å². The molecule has 1 fully saturated rings. The maximum absolute atomic E-state index is 12.8. The van der Waals surface area contributed by atoms with Crippen LogP contribution in [0.15, 0.2) is 30.3 Å². The third-order valence-electron chi connectivity index (χ3n) is 3.64. The van der Waals surface area contributed by atoms with E-state index in [1.54, 1.807) is 30.3 Å². The second kappa shape index (κ2) is 6.55. The van der Waals surface area contributed by atoms with E-state index in [2.05, 4.69) is 4.90 Å². The highest BCUT2D eigenvalue weighted by atomic mass is 32.2. The monoisotopic (exact) mass is 312 g/mol. The first-order chi connectivity index (χ1) is 9.96. The molecule has 2 rings (SSSR count). The van der Waals surface area contributed by atoms with Crippen LogP contribution >= 0.6 is 0 Å². The molecule has 1 heterocycles. The van der Waals surface area contributed by atoms with Crippen molar-refractivity contribution < 1.29 is 17.9 Å². The molecule has 21 heavy (non-hydrogen) atoms. The predicted molar refractivity (Wildman–Crippen MR) is 79.2 cm³/mol. The maximum atomic E-state index is 12.8. The third kappa shape index (κ3) is 3.42. The number of carbonyl (C=O) groups excluding carboxylic acids is 1. The Morgan fingerprint density at radius 3 is 2.24 bits per heavy atom. The fourth-order valence-corrected chi connectivity index (χ4v) is 4.17. The van der Waals surface area contributed by atoms with Gasteiger partial charge in [-0.15, -0.1) is 0 Å². The first-order valence-corrected chi connectivity index (χ1v) is 8.27. The van der Waals surface area contributed by atoms with Crippen LogP contribution in [0.3, 0.4) is 0 Å². The van der Waals surface area contributed by atoms with Crippen molar-refractivity contribution in [2.45, 2.75) is 5.25 Å². The molecule has 0 N–H and O–H groups in total. The molecule has 0 saturated carbocycles. The summed E-state index contributed by atoms with van der Waals surface area (Å²) in [4.78, 5) is 14.1. The third-order valence-corrected chi connectivity index (χ3v) is 5.78. The van der Waals surface area contributed by atoms with Crippen molar-refractivity contribution >= 4 is 16.0 Å². The number of esters is 1. The number of nitrogens with zero attached hydrogens (tertiary/aromatic N) is 2. The molecule has 1 aromatic rings. The van der Waals surface area contributed by atoms with Crippen LogP contribution in [-0.2, 0) is 19.6 Å². The molecule has 1 unspecified atom stereocenters. The van der Waals surface area contributed by atoms with Crippen LogP contribution in [0.25, 0.3) is 0 Å². The standard InChI is InChI=1S/C14H20N2O4S/c1-15-8-10-16(11-9-15)21(18,19)13(14(17)20-2)12-6-4-3-5-7-12/h3-7,13H,8-11H2,1-2H3. The number of benzene rings is 1. The van der Waals surface area contributed by atoms with Crippen LogP contribution in [0.4, 0.5) is 0 Å². The lowest BCUT2D eigenvalue weighted by Gasteiger charge is -2.33. The van der Waals surface area contributed by atoms with Gasteiger partial charge in [0.2, 0.25) is 10.0 Å². The van der Waals surface area contributed by atoms with Crippen LogP contribution < -0.4 is 0 Å². The molecule has 116 valence electrons. The lowest BCUT2D eigenvalue weighted by molar-refractivity contribution is -0.140. The Morgan fingerprint density at radius 2 is 1.71 bits per heavy atom. The van der Waals surface area contributed by atoms with E-state index in [9.17, 15) is 13.2 Å². The van der Waals surface area contributed by atoms with Crippen LogP contribution in [0.1, 0.15) is 10.8 Å². The van der Waals surface area contributed by atoms with Gasteiger partial charge in [0.05, 0.1) is 7.11 Å². The largest absolute Gasteiger partial charge is 0.468 e. The number of carbonyl (C=O) groups is 1. The van der Waals surface area contributed by atoms with Crippen molar-refractivity contribution in [1.29, 1.82) is 0 Å². The molecule has 1 aliphatic heterocycles. The van der Waals surface area contributed by atoms with Crippen LogP contribution in [0, 0.1) is 0 Å². The number of sulfonamides is 1. The summed E-state index contributed by atoms with van der Waals surface area (Å²) < 4.78 is 31.7. The summed E-state index contributed by atoms with van der Waals surface area (Å²) in [6.07, 6.45) is 0. The quantitative estimate of drug-likeness (QED) is 0.757. The number of piperazine rings is 1. The van der Waals surface area contributed by atoms with Crippen molar-refractivity contribution in [2.24, 2.45) is 0 Å². The van der Waals surface area contributed by atoms with E-state index in [-0.39, 0.29) is 0 Å². The second-order valence-corrected chi connectivity index (χ2v) is 7.08. The van der Waals surface area contributed by atoms with Gasteiger partial charge in [-0.25, -0.2) is 8.42 Å². The summed E-state index contributed by atoms with van der Waals surface area (Å²) in [5, 5.41) is -1.30. The molecule has 0 aliphatic carbocycles. The molecule has 0 radical (unpaired) electrons. The number of methoxy groups -OCH3 is 1. The topological polar surface area (TPSA) is 66.9 Å². The maximum Gasteiger partial charge on any atom is 0.330 e. The Balaban J connectivity index is 2.34. The van der Waals surface area contributed by atoms with Gasteiger partial charge >= 0.3 is 5.97 Å². The molecular formula is C14H20N2O4S. The smallest absolute Gasteiger partial charge is 0.330 e. The summed E-state index contributed by atoms with van der Waals surface area (Å²) in [6.45, 7) is 2.09. The van der Waals surface area contributed by atoms with E-state index in [0.717, 1.165) is 0 Å². The van der Waals surface area contributed by atoms with Crippen LogP contribution in [0.5, 0.6) is 0 Å². The Hall–Kier alpha value is -1.44.